The average molecular weight is 167 g/mol. The van der Waals surface area contributed by atoms with Crippen LogP contribution in [0.1, 0.15) is 17.7 Å². The van der Waals surface area contributed by atoms with Gasteiger partial charge in [0.2, 0.25) is 0 Å². The molecule has 0 aromatic heterocycles. The molecule has 0 atom stereocenters. The molecule has 0 radical (unpaired) electrons. The van der Waals surface area contributed by atoms with Crippen molar-refractivity contribution >= 4 is 0 Å². The largest absolute Gasteiger partial charge is 1.00 e. The number of rotatable bonds is 0. The summed E-state index contributed by atoms with van der Waals surface area (Å²) in [6, 6.07) is 0. The Hall–Kier alpha value is -0.640. The van der Waals surface area contributed by atoms with Gasteiger partial charge in [-0.3, -0.25) is 10.5 Å². The van der Waals surface area contributed by atoms with Gasteiger partial charge >= 0.3 is 2.85 Å². The van der Waals surface area contributed by atoms with E-state index in [2.05, 4.69) is 0 Å². The van der Waals surface area contributed by atoms with Crippen molar-refractivity contribution in [2.75, 3.05) is 0 Å². The first-order valence-electron chi connectivity index (χ1n) is 0.549. The molecule has 8 nitrogen and oxygen atoms in total. The van der Waals surface area contributed by atoms with E-state index in [1.165, 1.54) is 0 Å². The lowest BCUT2D eigenvalue weighted by molar-refractivity contribution is -0.670. The van der Waals surface area contributed by atoms with Crippen LogP contribution in [0.3, 0.4) is 0 Å². The normalized spacial score (nSPS) is 1.60. The molecule has 0 fully saturated rings. The van der Waals surface area contributed by atoms with Crippen molar-refractivity contribution in [1.82, 2.24) is 0 Å². The molecule has 0 aliphatic carbocycles. The molecule has 0 aromatic carbocycles. The maximum absolute atomic E-state index is 7.25. The van der Waals surface area contributed by atoms with E-state index in [-0.39, 0.29) is 28.7 Å². The van der Waals surface area contributed by atoms with E-state index in [4.69, 9.17) is 31.0 Å². The second-order valence-electron chi connectivity index (χ2n) is 0. The van der Waals surface area contributed by atoms with Crippen molar-refractivity contribution in [3.63, 3.8) is 0 Å². The fourth-order valence-electron chi connectivity index (χ4n) is 0. The molecule has 0 saturated carbocycles. The van der Waals surface area contributed by atoms with Crippen molar-refractivity contribution < 1.29 is 34.8 Å². The first-order valence-corrected chi connectivity index (χ1v) is 0.549. The smallest absolute Gasteiger partial charge is 0.870 e. The summed E-state index contributed by atoms with van der Waals surface area (Å²) in [6.07, 6.45) is 0. The fourth-order valence-corrected chi connectivity index (χ4v) is 0. The fraction of sp³-hybridized carbons (Fsp3) is 1.00. The van der Waals surface area contributed by atoms with E-state index >= 15 is 0 Å². The Bertz CT molecular complexity index is 15.0. The Labute approximate surface area is 61.0 Å². The van der Waals surface area contributed by atoms with Crippen LogP contribution in [0.5, 0.6) is 0 Å². The first kappa shape index (κ1) is 117. The van der Waals surface area contributed by atoms with Crippen LogP contribution in [0.15, 0.2) is 0 Å². The van der Waals surface area contributed by atoms with Crippen molar-refractivity contribution in [2.24, 2.45) is 0 Å². The molecule has 0 saturated heterocycles. The molecule has 0 heterocycles. The van der Waals surface area contributed by atoms with Gasteiger partial charge in [0.25, 0.3) is 0 Å². The van der Waals surface area contributed by atoms with Gasteiger partial charge in [-0.15, -0.1) is 0 Å². The van der Waals surface area contributed by atoms with Gasteiger partial charge in [0.15, 0.2) is 0 Å². The quantitative estimate of drug-likeness (QED) is 0.334. The molecule has 0 aliphatic heterocycles. The van der Waals surface area contributed by atoms with Gasteiger partial charge in [-0.25, -0.2) is 0 Å². The summed E-state index contributed by atoms with van der Waals surface area (Å²) in [5.41, 5.74) is 0. The van der Waals surface area contributed by atoms with Gasteiger partial charge in [-0.1, -0.05) is 14.9 Å². The second kappa shape index (κ2) is 1110. The Morgan fingerprint density at radius 1 is 0.900 bits per heavy atom. The monoisotopic (exact) mass is 167 g/mol. The topological polar surface area (TPSA) is 178 Å². The van der Waals surface area contributed by atoms with Crippen LogP contribution >= 0.6 is 0 Å². The maximum Gasteiger partial charge on any atom is 1.00 e. The minimum absolute atomic E-state index is 0. The molecule has 0 rings (SSSR count). The SMILES string of the molecule is C.C.O=O.OO.[H+].[H+].[O-]O.[OH-].[OH-]. The van der Waals surface area contributed by atoms with Crippen LogP contribution in [0.2, 0.25) is 0 Å². The molecule has 0 unspecified atom stereocenters. The standard InChI is InChI=1S/2CH4.2H2O2.O2.2H2O/c;;3*1-2;;/h2*1H4;2*1-2H;;2*1H2/p-1. The molecule has 0 amide bonds. The van der Waals surface area contributed by atoms with Gasteiger partial charge in [0, 0.05) is 9.93 Å². The van der Waals surface area contributed by atoms with E-state index in [0.717, 1.165) is 0 Å². The van der Waals surface area contributed by atoms with Crippen LogP contribution in [0.4, 0.5) is 0 Å². The molecular formula is C2H15O8-. The Balaban J connectivity index is -0.00000000129. The van der Waals surface area contributed by atoms with E-state index in [1.807, 2.05) is 0 Å². The maximum atomic E-state index is 7.25. The lowest BCUT2D eigenvalue weighted by Crippen LogP contribution is -1.84. The lowest BCUT2D eigenvalue weighted by Gasteiger charge is -1.61. The molecule has 8 heteroatoms. The summed E-state index contributed by atoms with van der Waals surface area (Å²) >= 11 is 0. The van der Waals surface area contributed by atoms with Crippen LogP contribution in [0.25, 0.3) is 0 Å². The summed E-state index contributed by atoms with van der Waals surface area (Å²) in [6.45, 7) is 0. The highest BCUT2D eigenvalue weighted by Gasteiger charge is 0.746. The number of hydrogen-bond donors (Lipinski definition) is 3. The zero-order chi connectivity index (χ0) is 6.00. The van der Waals surface area contributed by atoms with Crippen LogP contribution < -0.4 is 5.26 Å². The van der Waals surface area contributed by atoms with Crippen molar-refractivity contribution in [3.05, 3.63) is 9.93 Å². The molecule has 72 valence electrons. The van der Waals surface area contributed by atoms with Crippen LogP contribution in [0, 0.1) is 9.93 Å². The minimum atomic E-state index is 0. The third-order valence-electron chi connectivity index (χ3n) is 0. The highest BCUT2D eigenvalue weighted by molar-refractivity contribution is 4.07. The molecule has 0 aliphatic rings. The summed E-state index contributed by atoms with van der Waals surface area (Å²) in [4.78, 5) is 14.0. The highest BCUT2D eigenvalue weighted by Crippen LogP contribution is 0.741. The van der Waals surface area contributed by atoms with E-state index in [1.54, 1.807) is 0 Å². The van der Waals surface area contributed by atoms with Crippen molar-refractivity contribution in [3.8, 4) is 0 Å². The molecule has 5 N–H and O–H groups in total. The zero-order valence-corrected chi connectivity index (χ0v) is 3.46. The van der Waals surface area contributed by atoms with Crippen LogP contribution in [-0.2, 0) is 0 Å². The van der Waals surface area contributed by atoms with Gasteiger partial charge in [-0.05, 0) is 0 Å². The summed E-state index contributed by atoms with van der Waals surface area (Å²) < 4.78 is 0. The first-order chi connectivity index (χ1) is 3.00. The van der Waals surface area contributed by atoms with Crippen LogP contribution in [-0.4, -0.2) is 26.7 Å². The van der Waals surface area contributed by atoms with Crippen molar-refractivity contribution in [2.45, 2.75) is 14.9 Å². The second-order valence-corrected chi connectivity index (χ2v) is 0. The van der Waals surface area contributed by atoms with E-state index in [9.17, 15) is 0 Å². The van der Waals surface area contributed by atoms with Gasteiger partial charge < -0.3 is 21.5 Å². The Morgan fingerprint density at radius 3 is 0.900 bits per heavy atom. The Morgan fingerprint density at radius 2 is 0.900 bits per heavy atom. The summed E-state index contributed by atoms with van der Waals surface area (Å²) in [5.74, 6) is 0. The van der Waals surface area contributed by atoms with E-state index in [0.29, 0.717) is 0 Å². The van der Waals surface area contributed by atoms with Gasteiger partial charge in [0.05, 0.1) is 0 Å². The summed E-state index contributed by atoms with van der Waals surface area (Å²) in [5, 5.41) is 25.0. The van der Waals surface area contributed by atoms with Crippen molar-refractivity contribution in [1.29, 1.82) is 0 Å². The zero-order valence-electron chi connectivity index (χ0n) is 5.46. The predicted octanol–water partition coefficient (Wildman–Crippen LogP) is 0.0477. The molecular weight excluding hydrogens is 152 g/mol. The third kappa shape index (κ3) is 727. The number of hydrogen-bond acceptors (Lipinski definition) is 8. The molecule has 0 spiro atoms. The summed E-state index contributed by atoms with van der Waals surface area (Å²) in [7, 11) is 0. The molecule has 0 bridgehead atoms. The van der Waals surface area contributed by atoms with E-state index < -0.39 is 0 Å². The lowest BCUT2D eigenvalue weighted by atomic mass is 12.0. The highest BCUT2D eigenvalue weighted by atomic mass is 17.0. The Kier molecular flexibility index (Phi) is 13000. The van der Waals surface area contributed by atoms with Gasteiger partial charge in [-0.2, -0.15) is 0 Å². The molecule has 10 heavy (non-hydrogen) atoms. The van der Waals surface area contributed by atoms with Gasteiger partial charge in [0.1, 0.15) is 0 Å². The predicted molar refractivity (Wildman–Crippen MR) is 34.2 cm³/mol. The average Bonchev–Trinajstić information content (AvgIpc) is 1.81. The molecule has 0 aromatic rings. The third-order valence-corrected chi connectivity index (χ3v) is 0. The minimum Gasteiger partial charge on any atom is -0.870 e.